The minimum atomic E-state index is 0.708. The summed E-state index contributed by atoms with van der Waals surface area (Å²) in [6.45, 7) is 2.11. The van der Waals surface area contributed by atoms with Gasteiger partial charge in [0.2, 0.25) is 0 Å². The third-order valence-electron chi connectivity index (χ3n) is 5.72. The van der Waals surface area contributed by atoms with Gasteiger partial charge in [-0.1, -0.05) is 25.3 Å². The molecule has 0 unspecified atom stereocenters. The summed E-state index contributed by atoms with van der Waals surface area (Å²) in [4.78, 5) is 8.07. The van der Waals surface area contributed by atoms with Crippen LogP contribution < -0.4 is 0 Å². The molecular formula is C22H23N3. The third-order valence-corrected chi connectivity index (χ3v) is 5.72. The molecule has 25 heavy (non-hydrogen) atoms. The van der Waals surface area contributed by atoms with Crippen LogP contribution in [0.1, 0.15) is 49.1 Å². The number of aryl methyl sites for hydroxylation is 1. The molecule has 2 aromatic heterocycles. The van der Waals surface area contributed by atoms with Gasteiger partial charge in [0.05, 0.1) is 11.0 Å². The van der Waals surface area contributed by atoms with Crippen LogP contribution in [-0.4, -0.2) is 14.5 Å². The number of aromatic amines is 1. The maximum Gasteiger partial charge on any atom is 0.100 e. The molecule has 1 saturated carbocycles. The van der Waals surface area contributed by atoms with E-state index in [4.69, 9.17) is 0 Å². The first-order valence-electron chi connectivity index (χ1n) is 9.35. The van der Waals surface area contributed by atoms with Gasteiger partial charge in [0, 0.05) is 22.8 Å². The molecule has 2 aromatic carbocycles. The summed E-state index contributed by atoms with van der Waals surface area (Å²) in [5, 5.41) is 1.37. The van der Waals surface area contributed by atoms with Crippen LogP contribution in [0.4, 0.5) is 0 Å². The summed E-state index contributed by atoms with van der Waals surface area (Å²) in [6, 6.07) is 13.2. The molecule has 1 aliphatic carbocycles. The van der Waals surface area contributed by atoms with Crippen molar-refractivity contribution < 1.29 is 0 Å². The van der Waals surface area contributed by atoms with Gasteiger partial charge >= 0.3 is 0 Å². The summed E-state index contributed by atoms with van der Waals surface area (Å²) in [7, 11) is 0. The lowest BCUT2D eigenvalue weighted by Crippen LogP contribution is -2.03. The fourth-order valence-electron chi connectivity index (χ4n) is 4.36. The van der Waals surface area contributed by atoms with E-state index in [1.165, 1.54) is 65.3 Å². The molecule has 126 valence electrons. The lowest BCUT2D eigenvalue weighted by atomic mass is 9.84. The highest BCUT2D eigenvalue weighted by molar-refractivity contribution is 5.87. The second-order valence-electron chi connectivity index (χ2n) is 7.42. The highest BCUT2D eigenvalue weighted by atomic mass is 15.0. The molecule has 1 fully saturated rings. The number of nitrogens with zero attached hydrogens (tertiary/aromatic N) is 2. The maximum absolute atomic E-state index is 4.59. The predicted octanol–water partition coefficient (Wildman–Crippen LogP) is 5.86. The molecule has 0 atom stereocenters. The van der Waals surface area contributed by atoms with Gasteiger partial charge in [0.25, 0.3) is 0 Å². The average molecular weight is 329 g/mol. The first-order valence-corrected chi connectivity index (χ1v) is 9.35. The van der Waals surface area contributed by atoms with Crippen molar-refractivity contribution in [3.8, 4) is 5.69 Å². The fourth-order valence-corrected chi connectivity index (χ4v) is 4.36. The summed E-state index contributed by atoms with van der Waals surface area (Å²) < 4.78 is 2.20. The Balaban J connectivity index is 1.63. The zero-order valence-electron chi connectivity index (χ0n) is 14.6. The number of nitrogens with one attached hydrogen (secondary N) is 1. The Bertz CT molecular complexity index is 1050. The molecule has 1 aliphatic rings. The van der Waals surface area contributed by atoms with Crippen LogP contribution in [-0.2, 0) is 0 Å². The maximum atomic E-state index is 4.59. The Morgan fingerprint density at radius 2 is 1.92 bits per heavy atom. The summed E-state index contributed by atoms with van der Waals surface area (Å²) in [6.07, 6.45) is 10.9. The van der Waals surface area contributed by atoms with Crippen LogP contribution in [0.15, 0.2) is 48.9 Å². The molecule has 0 bridgehead atoms. The normalized spacial score (nSPS) is 16.0. The fraction of sp³-hybridized carbons (Fsp3) is 0.318. The molecular weight excluding hydrogens is 306 g/mol. The molecule has 0 aliphatic heterocycles. The van der Waals surface area contributed by atoms with Crippen LogP contribution in [0.2, 0.25) is 0 Å². The van der Waals surface area contributed by atoms with E-state index in [0.717, 1.165) is 5.52 Å². The molecule has 4 aromatic rings. The number of benzene rings is 2. The van der Waals surface area contributed by atoms with E-state index in [-0.39, 0.29) is 0 Å². The third kappa shape index (κ3) is 2.46. The van der Waals surface area contributed by atoms with E-state index in [9.17, 15) is 0 Å². The first-order chi connectivity index (χ1) is 12.3. The molecule has 0 saturated heterocycles. The Kier molecular flexibility index (Phi) is 3.40. The highest BCUT2D eigenvalue weighted by Gasteiger charge is 2.19. The first kappa shape index (κ1) is 14.8. The Labute approximate surface area is 147 Å². The number of rotatable bonds is 2. The smallest absolute Gasteiger partial charge is 0.100 e. The van der Waals surface area contributed by atoms with Gasteiger partial charge in [-0.2, -0.15) is 0 Å². The van der Waals surface area contributed by atoms with Crippen LogP contribution in [0, 0.1) is 6.92 Å². The molecule has 0 amide bonds. The molecule has 0 radical (unpaired) electrons. The molecule has 0 spiro atoms. The van der Waals surface area contributed by atoms with Crippen molar-refractivity contribution in [2.45, 2.75) is 44.9 Å². The largest absolute Gasteiger partial charge is 0.361 e. The van der Waals surface area contributed by atoms with Gasteiger partial charge in [-0.3, -0.25) is 4.57 Å². The number of hydrogen-bond acceptors (Lipinski definition) is 1. The minimum absolute atomic E-state index is 0.708. The summed E-state index contributed by atoms with van der Waals surface area (Å²) in [5.74, 6) is 0.708. The number of H-pyrrole nitrogens is 1. The summed E-state index contributed by atoms with van der Waals surface area (Å²) in [5.41, 5.74) is 7.40. The average Bonchev–Trinajstić information content (AvgIpc) is 3.25. The second-order valence-corrected chi connectivity index (χ2v) is 7.42. The number of aromatic nitrogens is 3. The standard InChI is InChI=1S/C22H23N3/c1-15-7-10-22-21(11-15)24-14-25(22)17-8-9-20-18(12-17)19(13-23-20)16-5-3-2-4-6-16/h7-14,16,23H,2-6H2,1H3. The lowest BCUT2D eigenvalue weighted by Gasteiger charge is -2.21. The predicted molar refractivity (Wildman–Crippen MR) is 103 cm³/mol. The van der Waals surface area contributed by atoms with Crippen LogP contribution in [0.3, 0.4) is 0 Å². The van der Waals surface area contributed by atoms with E-state index >= 15 is 0 Å². The van der Waals surface area contributed by atoms with Crippen molar-refractivity contribution in [2.24, 2.45) is 0 Å². The van der Waals surface area contributed by atoms with Crippen molar-refractivity contribution in [1.82, 2.24) is 14.5 Å². The van der Waals surface area contributed by atoms with Crippen LogP contribution in [0.25, 0.3) is 27.6 Å². The Morgan fingerprint density at radius 3 is 2.80 bits per heavy atom. The zero-order valence-corrected chi connectivity index (χ0v) is 14.6. The number of hydrogen-bond donors (Lipinski definition) is 1. The lowest BCUT2D eigenvalue weighted by molar-refractivity contribution is 0.445. The van der Waals surface area contributed by atoms with Crippen molar-refractivity contribution in [3.05, 3.63) is 60.0 Å². The zero-order chi connectivity index (χ0) is 16.8. The molecule has 1 N–H and O–H groups in total. The van der Waals surface area contributed by atoms with Crippen molar-refractivity contribution in [1.29, 1.82) is 0 Å². The highest BCUT2D eigenvalue weighted by Crippen LogP contribution is 2.37. The van der Waals surface area contributed by atoms with Gasteiger partial charge < -0.3 is 4.98 Å². The van der Waals surface area contributed by atoms with Crippen LogP contribution >= 0.6 is 0 Å². The molecule has 3 nitrogen and oxygen atoms in total. The van der Waals surface area contributed by atoms with E-state index in [1.54, 1.807) is 0 Å². The quantitative estimate of drug-likeness (QED) is 0.491. The monoisotopic (exact) mass is 329 g/mol. The van der Waals surface area contributed by atoms with Crippen LogP contribution in [0.5, 0.6) is 0 Å². The van der Waals surface area contributed by atoms with Crippen molar-refractivity contribution in [2.75, 3.05) is 0 Å². The number of imidazole rings is 1. The van der Waals surface area contributed by atoms with Gasteiger partial charge in [-0.15, -0.1) is 0 Å². The topological polar surface area (TPSA) is 33.6 Å². The van der Waals surface area contributed by atoms with E-state index < -0.39 is 0 Å². The van der Waals surface area contributed by atoms with E-state index in [1.807, 2.05) is 6.33 Å². The molecule has 3 heteroatoms. The van der Waals surface area contributed by atoms with Gasteiger partial charge in [0.15, 0.2) is 0 Å². The second kappa shape index (κ2) is 5.76. The van der Waals surface area contributed by atoms with Gasteiger partial charge in [-0.05, 0) is 67.1 Å². The Hall–Kier alpha value is -2.55. The van der Waals surface area contributed by atoms with Crippen molar-refractivity contribution >= 4 is 21.9 Å². The van der Waals surface area contributed by atoms with Gasteiger partial charge in [0.1, 0.15) is 6.33 Å². The molecule has 5 rings (SSSR count). The molecule has 2 heterocycles. The SMILES string of the molecule is Cc1ccc2c(c1)ncn2-c1ccc2[nH]cc(C3CCCCC3)c2c1. The Morgan fingerprint density at radius 1 is 1.04 bits per heavy atom. The van der Waals surface area contributed by atoms with Gasteiger partial charge in [-0.25, -0.2) is 4.98 Å². The van der Waals surface area contributed by atoms with E-state index in [0.29, 0.717) is 5.92 Å². The number of fused-ring (bicyclic) bond motifs is 2. The summed E-state index contributed by atoms with van der Waals surface area (Å²) >= 11 is 0. The minimum Gasteiger partial charge on any atom is -0.361 e. The van der Waals surface area contributed by atoms with E-state index in [2.05, 4.69) is 64.1 Å². The van der Waals surface area contributed by atoms with Crippen molar-refractivity contribution in [3.63, 3.8) is 0 Å².